The maximum atomic E-state index is 5.85. The van der Waals surface area contributed by atoms with Crippen molar-refractivity contribution in [1.82, 2.24) is 9.97 Å². The quantitative estimate of drug-likeness (QED) is 0.706. The van der Waals surface area contributed by atoms with Crippen LogP contribution in [0.5, 0.6) is 0 Å². The fourth-order valence-electron chi connectivity index (χ4n) is 2.35. The van der Waals surface area contributed by atoms with E-state index in [4.69, 9.17) is 5.73 Å². The first-order chi connectivity index (χ1) is 11.3. The molecule has 4 nitrogen and oxygen atoms in total. The molecular formula is C19H26N4. The highest BCUT2D eigenvalue weighted by molar-refractivity contribution is 5.55. The maximum Gasteiger partial charge on any atom is 0.169 e. The van der Waals surface area contributed by atoms with Crippen LogP contribution in [0.15, 0.2) is 54.3 Å². The summed E-state index contributed by atoms with van der Waals surface area (Å²) in [6, 6.07) is 0. The molecule has 1 aliphatic carbocycles. The molecule has 4 heteroatoms. The SMILES string of the molecule is CCc1cnc(N)c(NCCCCCC2=C/C=C\C=C/C=C\2)n1. The predicted molar refractivity (Wildman–Crippen MR) is 98.3 cm³/mol. The Morgan fingerprint density at radius 1 is 1.04 bits per heavy atom. The molecule has 3 N–H and O–H groups in total. The number of hydrogen-bond acceptors (Lipinski definition) is 4. The molecule has 0 amide bonds. The van der Waals surface area contributed by atoms with Crippen LogP contribution in [0.25, 0.3) is 0 Å². The molecule has 0 radical (unpaired) electrons. The van der Waals surface area contributed by atoms with Crippen LogP contribution in [0.2, 0.25) is 0 Å². The number of nitrogen functional groups attached to an aromatic ring is 1. The average Bonchev–Trinajstić information content (AvgIpc) is 2.53. The Labute approximate surface area is 138 Å². The monoisotopic (exact) mass is 310 g/mol. The molecule has 1 aliphatic rings. The summed E-state index contributed by atoms with van der Waals surface area (Å²) in [5.41, 5.74) is 8.19. The van der Waals surface area contributed by atoms with Gasteiger partial charge in [-0.15, -0.1) is 0 Å². The molecule has 0 saturated carbocycles. The Morgan fingerprint density at radius 2 is 1.87 bits per heavy atom. The van der Waals surface area contributed by atoms with Crippen molar-refractivity contribution < 1.29 is 0 Å². The number of aromatic nitrogens is 2. The van der Waals surface area contributed by atoms with E-state index in [9.17, 15) is 0 Å². The lowest BCUT2D eigenvalue weighted by Gasteiger charge is -2.09. The van der Waals surface area contributed by atoms with Gasteiger partial charge in [0.25, 0.3) is 0 Å². The topological polar surface area (TPSA) is 63.8 Å². The van der Waals surface area contributed by atoms with Crippen molar-refractivity contribution in [1.29, 1.82) is 0 Å². The fourth-order valence-corrected chi connectivity index (χ4v) is 2.35. The second-order valence-electron chi connectivity index (χ2n) is 5.56. The van der Waals surface area contributed by atoms with Crippen LogP contribution in [-0.4, -0.2) is 16.5 Å². The minimum atomic E-state index is 0.479. The summed E-state index contributed by atoms with van der Waals surface area (Å²) in [5.74, 6) is 1.19. The highest BCUT2D eigenvalue weighted by atomic mass is 15.1. The molecule has 1 aromatic heterocycles. The van der Waals surface area contributed by atoms with Crippen molar-refractivity contribution in [3.05, 3.63) is 60.0 Å². The zero-order chi connectivity index (χ0) is 16.3. The van der Waals surface area contributed by atoms with Crippen molar-refractivity contribution >= 4 is 11.6 Å². The number of allylic oxidation sites excluding steroid dienone is 8. The van der Waals surface area contributed by atoms with Gasteiger partial charge in [0, 0.05) is 6.54 Å². The molecule has 0 spiro atoms. The van der Waals surface area contributed by atoms with Gasteiger partial charge in [0.05, 0.1) is 11.9 Å². The van der Waals surface area contributed by atoms with Crippen LogP contribution in [0.3, 0.4) is 0 Å². The molecule has 0 fully saturated rings. The van der Waals surface area contributed by atoms with Crippen LogP contribution in [0, 0.1) is 0 Å². The highest BCUT2D eigenvalue weighted by Crippen LogP contribution is 2.14. The third-order valence-corrected chi connectivity index (χ3v) is 3.71. The third-order valence-electron chi connectivity index (χ3n) is 3.71. The van der Waals surface area contributed by atoms with Crippen LogP contribution in [0.4, 0.5) is 11.6 Å². The van der Waals surface area contributed by atoms with E-state index in [0.29, 0.717) is 11.6 Å². The second kappa shape index (κ2) is 9.62. The minimum absolute atomic E-state index is 0.479. The number of rotatable bonds is 8. The van der Waals surface area contributed by atoms with Crippen molar-refractivity contribution in [2.75, 3.05) is 17.6 Å². The maximum absolute atomic E-state index is 5.85. The Hall–Kier alpha value is -2.36. The Bertz CT molecular complexity index is 612. The number of nitrogens with one attached hydrogen (secondary N) is 1. The molecule has 0 saturated heterocycles. The third kappa shape index (κ3) is 6.10. The molecule has 2 rings (SSSR count). The van der Waals surface area contributed by atoms with E-state index in [2.05, 4.69) is 58.7 Å². The predicted octanol–water partition coefficient (Wildman–Crippen LogP) is 4.20. The average molecular weight is 310 g/mol. The second-order valence-corrected chi connectivity index (χ2v) is 5.56. The van der Waals surface area contributed by atoms with E-state index in [1.807, 2.05) is 6.08 Å². The first-order valence-corrected chi connectivity index (χ1v) is 8.35. The zero-order valence-corrected chi connectivity index (χ0v) is 13.8. The first kappa shape index (κ1) is 17.0. The van der Waals surface area contributed by atoms with E-state index in [1.54, 1.807) is 6.20 Å². The van der Waals surface area contributed by atoms with Gasteiger partial charge in [-0.05, 0) is 31.3 Å². The van der Waals surface area contributed by atoms with Gasteiger partial charge in [-0.1, -0.05) is 55.9 Å². The summed E-state index contributed by atoms with van der Waals surface area (Å²) in [6.07, 6.45) is 21.9. The highest BCUT2D eigenvalue weighted by Gasteiger charge is 2.03. The Kier molecular flexibility index (Phi) is 7.11. The minimum Gasteiger partial charge on any atom is -0.381 e. The van der Waals surface area contributed by atoms with E-state index < -0.39 is 0 Å². The molecule has 122 valence electrons. The number of unbranched alkanes of at least 4 members (excludes halogenated alkanes) is 2. The molecule has 0 unspecified atom stereocenters. The number of anilines is 2. The normalized spacial score (nSPS) is 20.0. The molecule has 0 aliphatic heterocycles. The van der Waals surface area contributed by atoms with Gasteiger partial charge < -0.3 is 11.1 Å². The molecule has 1 heterocycles. The van der Waals surface area contributed by atoms with E-state index >= 15 is 0 Å². The number of nitrogens with zero attached hydrogens (tertiary/aromatic N) is 2. The number of nitrogens with two attached hydrogens (primary N) is 1. The Morgan fingerprint density at radius 3 is 2.74 bits per heavy atom. The van der Waals surface area contributed by atoms with Crippen molar-refractivity contribution in [2.45, 2.75) is 39.0 Å². The van der Waals surface area contributed by atoms with E-state index in [0.717, 1.165) is 31.5 Å². The summed E-state index contributed by atoms with van der Waals surface area (Å²) in [5, 5.41) is 3.30. The molecule has 0 aromatic carbocycles. The van der Waals surface area contributed by atoms with Crippen molar-refractivity contribution in [3.63, 3.8) is 0 Å². The molecule has 23 heavy (non-hydrogen) atoms. The lowest BCUT2D eigenvalue weighted by molar-refractivity contribution is 0.698. The van der Waals surface area contributed by atoms with Crippen molar-refractivity contribution in [2.24, 2.45) is 0 Å². The van der Waals surface area contributed by atoms with Gasteiger partial charge in [0.1, 0.15) is 0 Å². The van der Waals surface area contributed by atoms with Crippen molar-refractivity contribution in [3.8, 4) is 0 Å². The van der Waals surface area contributed by atoms with Crippen LogP contribution in [0.1, 0.15) is 38.3 Å². The lowest BCUT2D eigenvalue weighted by Crippen LogP contribution is -2.08. The van der Waals surface area contributed by atoms with Crippen LogP contribution in [-0.2, 0) is 6.42 Å². The molecular weight excluding hydrogens is 284 g/mol. The van der Waals surface area contributed by atoms with Gasteiger partial charge in [0.15, 0.2) is 11.6 Å². The first-order valence-electron chi connectivity index (χ1n) is 8.35. The van der Waals surface area contributed by atoms with Gasteiger partial charge in [0.2, 0.25) is 0 Å². The lowest BCUT2D eigenvalue weighted by atomic mass is 10.1. The summed E-state index contributed by atoms with van der Waals surface area (Å²) >= 11 is 0. The summed E-state index contributed by atoms with van der Waals surface area (Å²) < 4.78 is 0. The summed E-state index contributed by atoms with van der Waals surface area (Å²) in [4.78, 5) is 8.64. The molecule has 1 aromatic rings. The number of aryl methyl sites for hydroxylation is 1. The smallest absolute Gasteiger partial charge is 0.169 e. The van der Waals surface area contributed by atoms with Crippen LogP contribution < -0.4 is 11.1 Å². The van der Waals surface area contributed by atoms with Gasteiger partial charge >= 0.3 is 0 Å². The molecule has 0 atom stereocenters. The molecule has 0 bridgehead atoms. The largest absolute Gasteiger partial charge is 0.381 e. The van der Waals surface area contributed by atoms with E-state index in [1.165, 1.54) is 18.4 Å². The van der Waals surface area contributed by atoms with Gasteiger partial charge in [-0.3, -0.25) is 0 Å². The summed E-state index contributed by atoms with van der Waals surface area (Å²) in [7, 11) is 0. The van der Waals surface area contributed by atoms with Crippen LogP contribution >= 0.6 is 0 Å². The standard InChI is InChI=1S/C19H26N4/c1-2-17-15-22-18(20)19(23-17)21-14-10-6-9-13-16-11-7-4-3-5-8-12-16/h3-5,7-8,11-12,15H,2,6,9-10,13-14H2,1H3,(H2,20,22)(H,21,23)/b4-3-,5-3?,7-4?,8-5-,11-7-,12-8?,16-11?,16-12+. The van der Waals surface area contributed by atoms with E-state index in [-0.39, 0.29) is 0 Å². The van der Waals surface area contributed by atoms with Gasteiger partial charge in [-0.2, -0.15) is 0 Å². The summed E-state index contributed by atoms with van der Waals surface area (Å²) in [6.45, 7) is 2.94. The Balaban J connectivity index is 1.66. The zero-order valence-electron chi connectivity index (χ0n) is 13.8. The number of hydrogen-bond donors (Lipinski definition) is 2. The fraction of sp³-hybridized carbons (Fsp3) is 0.368. The van der Waals surface area contributed by atoms with Gasteiger partial charge in [-0.25, -0.2) is 9.97 Å².